The monoisotopic (exact) mass is 391 g/mol. The van der Waals surface area contributed by atoms with E-state index in [2.05, 4.69) is 0 Å². The molecule has 0 saturated carbocycles. The third-order valence-electron chi connectivity index (χ3n) is 4.53. The fourth-order valence-electron chi connectivity index (χ4n) is 3.13. The number of carbonyl (C=O) groups is 2. The Morgan fingerprint density at radius 1 is 1.25 bits per heavy atom. The number of carbonyl (C=O) groups excluding carboxylic acids is 2. The molecule has 1 aromatic rings. The number of methoxy groups -OCH3 is 1. The zero-order valence-corrected chi connectivity index (χ0v) is 17.3. The molecule has 1 unspecified atom stereocenters. The number of nitrogens with zero attached hydrogens (tertiary/aromatic N) is 1. The van der Waals surface area contributed by atoms with Gasteiger partial charge in [-0.2, -0.15) is 0 Å². The molecule has 1 heterocycles. The molecule has 154 valence electrons. The van der Waals surface area contributed by atoms with E-state index in [-0.39, 0.29) is 42.1 Å². The van der Waals surface area contributed by atoms with Crippen LogP contribution in [0.1, 0.15) is 46.2 Å². The van der Waals surface area contributed by atoms with Crippen LogP contribution < -0.4 is 4.74 Å². The quantitative estimate of drug-likeness (QED) is 0.741. The molecule has 7 heteroatoms. The molecule has 0 aliphatic carbocycles. The third-order valence-corrected chi connectivity index (χ3v) is 4.53. The van der Waals surface area contributed by atoms with E-state index in [0.717, 1.165) is 0 Å². The summed E-state index contributed by atoms with van der Waals surface area (Å²) >= 11 is 0. The van der Waals surface area contributed by atoms with Crippen LogP contribution in [-0.4, -0.2) is 53.2 Å². The van der Waals surface area contributed by atoms with Gasteiger partial charge < -0.3 is 24.6 Å². The molecule has 0 saturated heterocycles. The predicted octanol–water partition coefficient (Wildman–Crippen LogP) is 3.14. The molecule has 0 radical (unpaired) electrons. The van der Waals surface area contributed by atoms with Gasteiger partial charge in [0.25, 0.3) is 5.91 Å². The molecule has 0 aromatic heterocycles. The summed E-state index contributed by atoms with van der Waals surface area (Å²) in [5, 5.41) is 20.7. The Kier molecular flexibility index (Phi) is 6.39. The molecule has 1 aliphatic rings. The highest BCUT2D eigenvalue weighted by atomic mass is 16.5. The Morgan fingerprint density at radius 2 is 1.89 bits per heavy atom. The second-order valence-electron chi connectivity index (χ2n) is 8.09. The molecule has 2 rings (SSSR count). The maximum Gasteiger partial charge on any atom is 0.290 e. The zero-order valence-electron chi connectivity index (χ0n) is 17.3. The van der Waals surface area contributed by atoms with Gasteiger partial charge in [-0.3, -0.25) is 9.59 Å². The Bertz CT molecular complexity index is 791. The number of Topliss-reactive ketones (excluding diaryl/α,β-unsaturated/α-hetero) is 1. The largest absolute Gasteiger partial charge is 0.504 e. The van der Waals surface area contributed by atoms with Gasteiger partial charge in [0.15, 0.2) is 23.0 Å². The lowest BCUT2D eigenvalue weighted by atomic mass is 9.82. The zero-order chi connectivity index (χ0) is 21.2. The molecular formula is C21H29NO6. The fraction of sp³-hybridized carbons (Fsp3) is 0.524. The van der Waals surface area contributed by atoms with Gasteiger partial charge in [-0.15, -0.1) is 0 Å². The summed E-state index contributed by atoms with van der Waals surface area (Å²) in [7, 11) is 1.43. The van der Waals surface area contributed by atoms with E-state index in [1.165, 1.54) is 18.1 Å². The van der Waals surface area contributed by atoms with Crippen molar-refractivity contribution in [1.82, 2.24) is 4.90 Å². The SMILES string of the molecule is COc1ccc(C2C(C(=O)C(C)(C)C)=C(O)C(=O)N2CCOC(C)C)cc1O. The van der Waals surface area contributed by atoms with Crippen molar-refractivity contribution in [3.05, 3.63) is 35.1 Å². The van der Waals surface area contributed by atoms with Crippen molar-refractivity contribution < 1.29 is 29.3 Å². The topological polar surface area (TPSA) is 96.3 Å². The van der Waals surface area contributed by atoms with Crippen LogP contribution in [0.3, 0.4) is 0 Å². The lowest BCUT2D eigenvalue weighted by molar-refractivity contribution is -0.130. The van der Waals surface area contributed by atoms with Crippen LogP contribution in [0.15, 0.2) is 29.5 Å². The second kappa shape index (κ2) is 8.22. The lowest BCUT2D eigenvalue weighted by Gasteiger charge is -2.29. The number of ketones is 1. The number of benzene rings is 1. The van der Waals surface area contributed by atoms with Gasteiger partial charge in [0.05, 0.1) is 31.4 Å². The van der Waals surface area contributed by atoms with Gasteiger partial charge >= 0.3 is 0 Å². The third kappa shape index (κ3) is 4.30. The summed E-state index contributed by atoms with van der Waals surface area (Å²) in [5.74, 6) is -1.34. The lowest BCUT2D eigenvalue weighted by Crippen LogP contribution is -2.35. The summed E-state index contributed by atoms with van der Waals surface area (Å²) in [6.45, 7) is 9.41. The molecule has 0 spiro atoms. The molecule has 28 heavy (non-hydrogen) atoms. The van der Waals surface area contributed by atoms with Crippen molar-refractivity contribution in [2.45, 2.75) is 46.8 Å². The highest BCUT2D eigenvalue weighted by molar-refractivity contribution is 6.10. The van der Waals surface area contributed by atoms with E-state index in [0.29, 0.717) is 5.56 Å². The minimum atomic E-state index is -0.813. The molecule has 7 nitrogen and oxygen atoms in total. The average molecular weight is 391 g/mol. The minimum absolute atomic E-state index is 0.0154. The molecule has 0 fully saturated rings. The number of ether oxygens (including phenoxy) is 2. The standard InChI is InChI=1S/C21H29NO6/c1-12(2)28-10-9-22-17(13-7-8-15(27-6)14(23)11-13)16(18(24)20(22)26)19(25)21(3,4)5/h7-8,11-12,17,23-24H,9-10H2,1-6H3. The Balaban J connectivity index is 2.51. The molecule has 1 aliphatic heterocycles. The Labute approximate surface area is 165 Å². The molecular weight excluding hydrogens is 362 g/mol. The van der Waals surface area contributed by atoms with Crippen molar-refractivity contribution in [2.75, 3.05) is 20.3 Å². The summed E-state index contributed by atoms with van der Waals surface area (Å²) in [6, 6.07) is 3.86. The van der Waals surface area contributed by atoms with E-state index in [1.807, 2.05) is 13.8 Å². The van der Waals surface area contributed by atoms with Crippen molar-refractivity contribution in [3.8, 4) is 11.5 Å². The average Bonchev–Trinajstić information content (AvgIpc) is 2.84. The Hall–Kier alpha value is -2.54. The van der Waals surface area contributed by atoms with Crippen molar-refractivity contribution >= 4 is 11.7 Å². The number of rotatable bonds is 7. The molecule has 1 aromatic carbocycles. The summed E-state index contributed by atoms with van der Waals surface area (Å²) in [5.41, 5.74) is -0.250. The summed E-state index contributed by atoms with van der Waals surface area (Å²) < 4.78 is 10.6. The van der Waals surface area contributed by atoms with Crippen LogP contribution in [0.5, 0.6) is 11.5 Å². The number of hydrogen-bond acceptors (Lipinski definition) is 6. The van der Waals surface area contributed by atoms with E-state index >= 15 is 0 Å². The smallest absolute Gasteiger partial charge is 0.290 e. The van der Waals surface area contributed by atoms with Crippen LogP contribution in [0.25, 0.3) is 0 Å². The first-order valence-corrected chi connectivity index (χ1v) is 9.26. The number of aliphatic hydroxyl groups excluding tert-OH is 1. The van der Waals surface area contributed by atoms with Crippen LogP contribution >= 0.6 is 0 Å². The highest BCUT2D eigenvalue weighted by Crippen LogP contribution is 2.42. The predicted molar refractivity (Wildman–Crippen MR) is 104 cm³/mol. The molecule has 0 bridgehead atoms. The number of amides is 1. The van der Waals surface area contributed by atoms with Gasteiger partial charge in [-0.1, -0.05) is 26.8 Å². The van der Waals surface area contributed by atoms with E-state index in [1.54, 1.807) is 32.9 Å². The summed E-state index contributed by atoms with van der Waals surface area (Å²) in [4.78, 5) is 27.2. The van der Waals surface area contributed by atoms with E-state index in [4.69, 9.17) is 9.47 Å². The van der Waals surface area contributed by atoms with Crippen LogP contribution in [0.2, 0.25) is 0 Å². The number of phenolic OH excluding ortho intramolecular Hbond substituents is 1. The van der Waals surface area contributed by atoms with Crippen molar-refractivity contribution in [2.24, 2.45) is 5.41 Å². The van der Waals surface area contributed by atoms with Gasteiger partial charge in [-0.25, -0.2) is 0 Å². The number of hydrogen-bond donors (Lipinski definition) is 2. The van der Waals surface area contributed by atoms with Gasteiger partial charge in [0.1, 0.15) is 0 Å². The first-order chi connectivity index (χ1) is 13.0. The highest BCUT2D eigenvalue weighted by Gasteiger charge is 2.45. The van der Waals surface area contributed by atoms with Crippen LogP contribution in [0, 0.1) is 5.41 Å². The molecule has 1 amide bonds. The van der Waals surface area contributed by atoms with E-state index < -0.39 is 23.1 Å². The van der Waals surface area contributed by atoms with Gasteiger partial charge in [0, 0.05) is 12.0 Å². The normalized spacial score (nSPS) is 17.6. The van der Waals surface area contributed by atoms with Crippen molar-refractivity contribution in [1.29, 1.82) is 0 Å². The number of aliphatic hydroxyl groups is 1. The minimum Gasteiger partial charge on any atom is -0.504 e. The van der Waals surface area contributed by atoms with Gasteiger partial charge in [-0.05, 0) is 31.5 Å². The maximum absolute atomic E-state index is 13.0. The molecule has 1 atom stereocenters. The summed E-state index contributed by atoms with van der Waals surface area (Å²) in [6.07, 6.45) is -0.0154. The maximum atomic E-state index is 13.0. The van der Waals surface area contributed by atoms with Crippen LogP contribution in [-0.2, 0) is 14.3 Å². The number of phenols is 1. The van der Waals surface area contributed by atoms with Crippen molar-refractivity contribution in [3.63, 3.8) is 0 Å². The first-order valence-electron chi connectivity index (χ1n) is 9.26. The van der Waals surface area contributed by atoms with Gasteiger partial charge in [0.2, 0.25) is 0 Å². The molecule has 2 N–H and O–H groups in total. The number of aromatic hydroxyl groups is 1. The Morgan fingerprint density at radius 3 is 2.39 bits per heavy atom. The second-order valence-corrected chi connectivity index (χ2v) is 8.09. The van der Waals surface area contributed by atoms with E-state index in [9.17, 15) is 19.8 Å². The first kappa shape index (κ1) is 21.8. The fourth-order valence-corrected chi connectivity index (χ4v) is 3.13. The van der Waals surface area contributed by atoms with Crippen LogP contribution in [0.4, 0.5) is 0 Å².